The number of halogens is 2. The molecule has 1 N–H and O–H groups in total. The number of piperazine rings is 1. The molecule has 1 aromatic heterocycles. The number of nitrogens with zero attached hydrogens (tertiary/aromatic N) is 3. The Morgan fingerprint density at radius 1 is 1.31 bits per heavy atom. The minimum atomic E-state index is 0. The molecular formula is C10H18Cl2N4. The van der Waals surface area contributed by atoms with E-state index < -0.39 is 0 Å². The van der Waals surface area contributed by atoms with Gasteiger partial charge in [0, 0.05) is 38.8 Å². The summed E-state index contributed by atoms with van der Waals surface area (Å²) in [5, 5.41) is 3.33. The second-order valence-electron chi connectivity index (χ2n) is 3.42. The van der Waals surface area contributed by atoms with Gasteiger partial charge in [-0.3, -0.25) is 0 Å². The van der Waals surface area contributed by atoms with Crippen LogP contribution < -0.4 is 10.2 Å². The molecule has 1 aromatic rings. The average Bonchev–Trinajstić information content (AvgIpc) is 2.30. The first-order chi connectivity index (χ1) is 6.90. The van der Waals surface area contributed by atoms with E-state index in [9.17, 15) is 0 Å². The van der Waals surface area contributed by atoms with Crippen molar-refractivity contribution in [3.05, 3.63) is 18.1 Å². The molecule has 16 heavy (non-hydrogen) atoms. The molecule has 2 heterocycles. The van der Waals surface area contributed by atoms with Crippen molar-refractivity contribution in [3.8, 4) is 0 Å². The molecule has 0 aromatic carbocycles. The van der Waals surface area contributed by atoms with Gasteiger partial charge in [0.25, 0.3) is 0 Å². The molecule has 0 aliphatic carbocycles. The monoisotopic (exact) mass is 264 g/mol. The number of aryl methyl sites for hydroxylation is 1. The SMILES string of the molecule is CCc1nccc(N2CCNCC2)n1.Cl.Cl. The molecule has 0 spiro atoms. The lowest BCUT2D eigenvalue weighted by Crippen LogP contribution is -2.44. The molecule has 0 bridgehead atoms. The Bertz CT molecular complexity index is 303. The minimum absolute atomic E-state index is 0. The van der Waals surface area contributed by atoms with Gasteiger partial charge in [0.1, 0.15) is 11.6 Å². The highest BCUT2D eigenvalue weighted by molar-refractivity contribution is 5.85. The maximum atomic E-state index is 4.50. The minimum Gasteiger partial charge on any atom is -0.354 e. The normalized spacial score (nSPS) is 14.9. The molecule has 92 valence electrons. The van der Waals surface area contributed by atoms with E-state index in [0.29, 0.717) is 0 Å². The predicted molar refractivity (Wildman–Crippen MR) is 71.0 cm³/mol. The van der Waals surface area contributed by atoms with Crippen LogP contribution in [0.2, 0.25) is 0 Å². The fourth-order valence-corrected chi connectivity index (χ4v) is 1.63. The summed E-state index contributed by atoms with van der Waals surface area (Å²) in [5.74, 6) is 2.00. The van der Waals surface area contributed by atoms with Crippen LogP contribution >= 0.6 is 24.8 Å². The molecule has 4 nitrogen and oxygen atoms in total. The fourth-order valence-electron chi connectivity index (χ4n) is 1.63. The molecule has 0 saturated carbocycles. The van der Waals surface area contributed by atoms with Crippen molar-refractivity contribution in [2.24, 2.45) is 0 Å². The van der Waals surface area contributed by atoms with E-state index in [1.165, 1.54) is 0 Å². The zero-order chi connectivity index (χ0) is 9.80. The van der Waals surface area contributed by atoms with E-state index in [1.54, 1.807) is 0 Å². The maximum absolute atomic E-state index is 4.50. The van der Waals surface area contributed by atoms with Crippen LogP contribution in [0, 0.1) is 0 Å². The van der Waals surface area contributed by atoms with Crippen LogP contribution in [0.15, 0.2) is 12.3 Å². The van der Waals surface area contributed by atoms with Crippen LogP contribution in [-0.4, -0.2) is 36.1 Å². The van der Waals surface area contributed by atoms with E-state index in [-0.39, 0.29) is 24.8 Å². The van der Waals surface area contributed by atoms with E-state index >= 15 is 0 Å². The van der Waals surface area contributed by atoms with Gasteiger partial charge in [0.2, 0.25) is 0 Å². The molecule has 1 aliphatic rings. The van der Waals surface area contributed by atoms with Gasteiger partial charge in [-0.05, 0) is 6.07 Å². The van der Waals surface area contributed by atoms with Crippen molar-refractivity contribution in [1.29, 1.82) is 0 Å². The molecule has 0 amide bonds. The van der Waals surface area contributed by atoms with Crippen LogP contribution in [0.1, 0.15) is 12.7 Å². The number of rotatable bonds is 2. The quantitative estimate of drug-likeness (QED) is 0.875. The summed E-state index contributed by atoms with van der Waals surface area (Å²) in [6.45, 7) is 6.26. The lowest BCUT2D eigenvalue weighted by molar-refractivity contribution is 0.583. The summed E-state index contributed by atoms with van der Waals surface area (Å²) in [6.07, 6.45) is 2.75. The molecule has 1 aliphatic heterocycles. The van der Waals surface area contributed by atoms with Crippen LogP contribution in [0.25, 0.3) is 0 Å². The highest BCUT2D eigenvalue weighted by atomic mass is 35.5. The largest absolute Gasteiger partial charge is 0.354 e. The summed E-state index contributed by atoms with van der Waals surface area (Å²) in [6, 6.07) is 1.99. The van der Waals surface area contributed by atoms with E-state index in [0.717, 1.165) is 44.2 Å². The Labute approximate surface area is 109 Å². The number of hydrogen-bond donors (Lipinski definition) is 1. The number of hydrogen-bond acceptors (Lipinski definition) is 4. The van der Waals surface area contributed by atoms with Crippen molar-refractivity contribution >= 4 is 30.6 Å². The van der Waals surface area contributed by atoms with E-state index in [2.05, 4.69) is 27.1 Å². The highest BCUT2D eigenvalue weighted by Crippen LogP contribution is 2.10. The van der Waals surface area contributed by atoms with E-state index in [4.69, 9.17) is 0 Å². The lowest BCUT2D eigenvalue weighted by atomic mass is 10.3. The van der Waals surface area contributed by atoms with Crippen molar-refractivity contribution in [1.82, 2.24) is 15.3 Å². The van der Waals surface area contributed by atoms with Gasteiger partial charge >= 0.3 is 0 Å². The standard InChI is InChI=1S/C10H16N4.2ClH/c1-2-9-12-4-3-10(13-9)14-7-5-11-6-8-14;;/h3-4,11H,2,5-8H2,1H3;2*1H. The third-order valence-corrected chi connectivity index (χ3v) is 2.45. The van der Waals surface area contributed by atoms with Gasteiger partial charge in [0.15, 0.2) is 0 Å². The summed E-state index contributed by atoms with van der Waals surface area (Å²) >= 11 is 0. The molecule has 0 unspecified atom stereocenters. The summed E-state index contributed by atoms with van der Waals surface area (Å²) in [4.78, 5) is 11.0. The summed E-state index contributed by atoms with van der Waals surface area (Å²) < 4.78 is 0. The van der Waals surface area contributed by atoms with Crippen molar-refractivity contribution < 1.29 is 0 Å². The summed E-state index contributed by atoms with van der Waals surface area (Å²) in [5.41, 5.74) is 0. The van der Waals surface area contributed by atoms with Gasteiger partial charge in [0.05, 0.1) is 0 Å². The maximum Gasteiger partial charge on any atom is 0.132 e. The zero-order valence-electron chi connectivity index (χ0n) is 9.35. The third-order valence-electron chi connectivity index (χ3n) is 2.45. The van der Waals surface area contributed by atoms with Gasteiger partial charge in [-0.25, -0.2) is 9.97 Å². The third kappa shape index (κ3) is 3.77. The first-order valence-corrected chi connectivity index (χ1v) is 5.17. The Kier molecular flexibility index (Phi) is 7.38. The van der Waals surface area contributed by atoms with Gasteiger partial charge in [-0.15, -0.1) is 24.8 Å². The van der Waals surface area contributed by atoms with Crippen molar-refractivity contribution in [2.45, 2.75) is 13.3 Å². The smallest absolute Gasteiger partial charge is 0.132 e. The first kappa shape index (κ1) is 15.4. The average molecular weight is 265 g/mol. The van der Waals surface area contributed by atoms with Gasteiger partial charge in [-0.2, -0.15) is 0 Å². The Morgan fingerprint density at radius 2 is 2.00 bits per heavy atom. The van der Waals surface area contributed by atoms with Crippen molar-refractivity contribution in [2.75, 3.05) is 31.1 Å². The second kappa shape index (κ2) is 7.65. The Hall–Kier alpha value is -0.580. The molecule has 2 rings (SSSR count). The Morgan fingerprint density at radius 3 is 2.62 bits per heavy atom. The second-order valence-corrected chi connectivity index (χ2v) is 3.42. The molecule has 0 radical (unpaired) electrons. The highest BCUT2D eigenvalue weighted by Gasteiger charge is 2.11. The van der Waals surface area contributed by atoms with E-state index in [1.807, 2.05) is 12.3 Å². The van der Waals surface area contributed by atoms with Crippen molar-refractivity contribution in [3.63, 3.8) is 0 Å². The zero-order valence-corrected chi connectivity index (χ0v) is 11.0. The van der Waals surface area contributed by atoms with Crippen LogP contribution in [0.5, 0.6) is 0 Å². The molecule has 0 atom stereocenters. The van der Waals surface area contributed by atoms with Crippen LogP contribution in [0.4, 0.5) is 5.82 Å². The molecule has 1 saturated heterocycles. The topological polar surface area (TPSA) is 41.1 Å². The predicted octanol–water partition coefficient (Wildman–Crippen LogP) is 1.29. The van der Waals surface area contributed by atoms with Gasteiger partial charge < -0.3 is 10.2 Å². The van der Waals surface area contributed by atoms with Crippen LogP contribution in [0.3, 0.4) is 0 Å². The fraction of sp³-hybridized carbons (Fsp3) is 0.600. The molecule has 1 fully saturated rings. The number of anilines is 1. The first-order valence-electron chi connectivity index (χ1n) is 5.17. The summed E-state index contributed by atoms with van der Waals surface area (Å²) in [7, 11) is 0. The Balaban J connectivity index is 0.00000112. The molecular weight excluding hydrogens is 247 g/mol. The van der Waals surface area contributed by atoms with Gasteiger partial charge in [-0.1, -0.05) is 6.92 Å². The lowest BCUT2D eigenvalue weighted by Gasteiger charge is -2.28. The number of nitrogens with one attached hydrogen (secondary N) is 1. The molecule has 6 heteroatoms. The van der Waals surface area contributed by atoms with Crippen LogP contribution in [-0.2, 0) is 6.42 Å². The number of aromatic nitrogens is 2.